The van der Waals surface area contributed by atoms with Gasteiger partial charge in [-0.25, -0.2) is 18.6 Å². The molecule has 1 aromatic carbocycles. The number of hydrogen-bond acceptors (Lipinski definition) is 3. The molecule has 0 unspecified atom stereocenters. The van der Waals surface area contributed by atoms with Crippen LogP contribution in [0.4, 0.5) is 23.4 Å². The number of esters is 1. The smallest absolute Gasteiger partial charge is 0.345 e. The summed E-state index contributed by atoms with van der Waals surface area (Å²) in [5, 5.41) is 0. The molecule has 2 rings (SSSR count). The first-order valence-electron chi connectivity index (χ1n) is 6.44. The predicted octanol–water partition coefficient (Wildman–Crippen LogP) is 3.50. The lowest BCUT2D eigenvalue weighted by Gasteiger charge is -2.21. The molecule has 130 valence electrons. The third-order valence-electron chi connectivity index (χ3n) is 2.94. The van der Waals surface area contributed by atoms with Crippen molar-refractivity contribution >= 4 is 11.8 Å². The Labute approximate surface area is 136 Å². The number of benzene rings is 1. The second-order valence-electron chi connectivity index (χ2n) is 5.60. The number of halogens is 4. The van der Waals surface area contributed by atoms with Crippen molar-refractivity contribution in [3.8, 4) is 5.75 Å². The third kappa shape index (κ3) is 3.88. The highest BCUT2D eigenvalue weighted by Crippen LogP contribution is 2.27. The van der Waals surface area contributed by atoms with E-state index < -0.39 is 35.0 Å². The van der Waals surface area contributed by atoms with E-state index in [9.17, 15) is 22.4 Å². The molecule has 0 bridgehead atoms. The molecule has 1 heterocycles. The van der Waals surface area contributed by atoms with E-state index in [1.807, 2.05) is 21.1 Å². The summed E-state index contributed by atoms with van der Waals surface area (Å²) >= 11 is 0. The lowest BCUT2D eigenvalue weighted by molar-refractivity contribution is 0.0717. The van der Waals surface area contributed by atoms with Gasteiger partial charge in [0.2, 0.25) is 23.2 Å². The SMILES string of the molecule is C[N+](C)(C)c1ccc(C(=O)Oc2c(F)c(F)cc(F)c2F)cn1.[CH3-]. The summed E-state index contributed by atoms with van der Waals surface area (Å²) in [7, 11) is 5.54. The Morgan fingerprint density at radius 3 is 2.00 bits per heavy atom. The fraction of sp³-hybridized carbons (Fsp3) is 0.188. The molecule has 0 atom stereocenters. The molecule has 0 aliphatic carbocycles. The second-order valence-corrected chi connectivity index (χ2v) is 5.60. The van der Waals surface area contributed by atoms with Gasteiger partial charge in [-0.15, -0.1) is 0 Å². The lowest BCUT2D eigenvalue weighted by Crippen LogP contribution is -2.35. The van der Waals surface area contributed by atoms with Gasteiger partial charge in [-0.05, 0) is 6.07 Å². The van der Waals surface area contributed by atoms with Gasteiger partial charge in [-0.2, -0.15) is 8.78 Å². The molecule has 8 heteroatoms. The van der Waals surface area contributed by atoms with Crippen LogP contribution in [0.1, 0.15) is 10.4 Å². The van der Waals surface area contributed by atoms with Crippen LogP contribution in [0.3, 0.4) is 0 Å². The summed E-state index contributed by atoms with van der Waals surface area (Å²) in [4.78, 5) is 15.9. The molecule has 0 spiro atoms. The molecule has 0 N–H and O–H groups in total. The first-order valence-corrected chi connectivity index (χ1v) is 6.44. The molecule has 0 radical (unpaired) electrons. The van der Waals surface area contributed by atoms with Crippen molar-refractivity contribution in [1.82, 2.24) is 9.47 Å². The number of ether oxygens (including phenoxy) is 1. The van der Waals surface area contributed by atoms with Crippen LogP contribution in [-0.2, 0) is 0 Å². The van der Waals surface area contributed by atoms with E-state index >= 15 is 0 Å². The van der Waals surface area contributed by atoms with Crippen LogP contribution in [0.15, 0.2) is 24.4 Å². The first-order chi connectivity index (χ1) is 10.6. The van der Waals surface area contributed by atoms with Crippen molar-refractivity contribution in [1.29, 1.82) is 0 Å². The lowest BCUT2D eigenvalue weighted by atomic mass is 10.2. The number of quaternary nitrogens is 1. The minimum absolute atomic E-state index is 0. The zero-order valence-electron chi connectivity index (χ0n) is 13.5. The monoisotopic (exact) mass is 344 g/mol. The maximum absolute atomic E-state index is 13.5. The quantitative estimate of drug-likeness (QED) is 0.214. The third-order valence-corrected chi connectivity index (χ3v) is 2.94. The Kier molecular flexibility index (Phi) is 5.67. The van der Waals surface area contributed by atoms with Gasteiger partial charge in [-0.1, -0.05) is 0 Å². The Bertz CT molecular complexity index is 730. The van der Waals surface area contributed by atoms with Crippen molar-refractivity contribution in [2.45, 2.75) is 0 Å². The molecule has 0 saturated carbocycles. The molecule has 0 amide bonds. The molecule has 2 aromatic rings. The molecule has 0 aliphatic rings. The average molecular weight is 344 g/mol. The van der Waals surface area contributed by atoms with Gasteiger partial charge in [0.1, 0.15) is 0 Å². The highest BCUT2D eigenvalue weighted by Gasteiger charge is 2.24. The largest absolute Gasteiger partial charge is 0.416 e. The predicted molar refractivity (Wildman–Crippen MR) is 81.4 cm³/mol. The molecular weight excluding hydrogens is 328 g/mol. The van der Waals surface area contributed by atoms with Crippen LogP contribution >= 0.6 is 0 Å². The minimum Gasteiger partial charge on any atom is -0.416 e. The Morgan fingerprint density at radius 2 is 1.58 bits per heavy atom. The normalized spacial score (nSPS) is 11.0. The van der Waals surface area contributed by atoms with Gasteiger partial charge in [0.15, 0.2) is 11.6 Å². The molecule has 24 heavy (non-hydrogen) atoms. The highest BCUT2D eigenvalue weighted by atomic mass is 19.2. The van der Waals surface area contributed by atoms with Gasteiger partial charge in [0, 0.05) is 18.3 Å². The van der Waals surface area contributed by atoms with Gasteiger partial charge in [0.05, 0.1) is 26.7 Å². The van der Waals surface area contributed by atoms with Crippen LogP contribution in [0.2, 0.25) is 0 Å². The fourth-order valence-electron chi connectivity index (χ4n) is 1.70. The van der Waals surface area contributed by atoms with E-state index in [1.165, 1.54) is 12.1 Å². The Morgan fingerprint density at radius 1 is 1.04 bits per heavy atom. The fourth-order valence-corrected chi connectivity index (χ4v) is 1.70. The molecule has 0 aliphatic heterocycles. The van der Waals surface area contributed by atoms with Crippen LogP contribution in [-0.4, -0.2) is 32.1 Å². The van der Waals surface area contributed by atoms with E-state index in [-0.39, 0.29) is 19.1 Å². The van der Waals surface area contributed by atoms with E-state index in [4.69, 9.17) is 0 Å². The summed E-state index contributed by atoms with van der Waals surface area (Å²) in [6.07, 6.45) is 1.15. The van der Waals surface area contributed by atoms with E-state index in [2.05, 4.69) is 9.72 Å². The van der Waals surface area contributed by atoms with Crippen molar-refractivity contribution in [3.05, 3.63) is 60.7 Å². The van der Waals surface area contributed by atoms with Crippen LogP contribution in [0, 0.1) is 30.7 Å². The van der Waals surface area contributed by atoms with E-state index in [0.717, 1.165) is 6.20 Å². The first kappa shape index (κ1) is 19.6. The van der Waals surface area contributed by atoms with E-state index in [1.54, 1.807) is 0 Å². The second kappa shape index (κ2) is 6.96. The number of hydrogen-bond donors (Lipinski definition) is 0. The van der Waals surface area contributed by atoms with Gasteiger partial charge in [-0.3, -0.25) is 4.48 Å². The van der Waals surface area contributed by atoms with Crippen molar-refractivity contribution in [3.63, 3.8) is 0 Å². The molecular formula is C16H16F4N2O2. The summed E-state index contributed by atoms with van der Waals surface area (Å²) < 4.78 is 57.9. The Hall–Kier alpha value is -2.48. The number of carbonyl (C=O) groups excluding carboxylic acids is 1. The van der Waals surface area contributed by atoms with Crippen LogP contribution in [0.25, 0.3) is 0 Å². The Balaban J connectivity index is 0.00000288. The summed E-state index contributed by atoms with van der Waals surface area (Å²) in [6.45, 7) is 0. The molecule has 0 saturated heterocycles. The summed E-state index contributed by atoms with van der Waals surface area (Å²) in [6, 6.07) is 2.88. The number of carbonyl (C=O) groups is 1. The molecule has 0 fully saturated rings. The maximum Gasteiger partial charge on any atom is 0.345 e. The van der Waals surface area contributed by atoms with Gasteiger partial charge < -0.3 is 12.2 Å². The van der Waals surface area contributed by atoms with Crippen molar-refractivity contribution in [2.24, 2.45) is 0 Å². The molecule has 4 nitrogen and oxygen atoms in total. The topological polar surface area (TPSA) is 39.2 Å². The van der Waals surface area contributed by atoms with Crippen molar-refractivity contribution < 1.29 is 27.1 Å². The zero-order chi connectivity index (χ0) is 17.4. The minimum atomic E-state index is -1.78. The number of rotatable bonds is 3. The number of nitrogens with zero attached hydrogens (tertiary/aromatic N) is 2. The van der Waals surface area contributed by atoms with E-state index in [0.29, 0.717) is 10.3 Å². The van der Waals surface area contributed by atoms with Crippen LogP contribution in [0.5, 0.6) is 5.75 Å². The van der Waals surface area contributed by atoms with Crippen molar-refractivity contribution in [2.75, 3.05) is 21.1 Å². The summed E-state index contributed by atoms with van der Waals surface area (Å²) in [5.41, 5.74) is -0.120. The number of aromatic nitrogens is 1. The zero-order valence-corrected chi connectivity index (χ0v) is 13.5. The summed E-state index contributed by atoms with van der Waals surface area (Å²) in [5.74, 6) is -8.89. The maximum atomic E-state index is 13.5. The highest BCUT2D eigenvalue weighted by molar-refractivity contribution is 5.90. The molecule has 1 aromatic heterocycles. The average Bonchev–Trinajstić information content (AvgIpc) is 2.48. The van der Waals surface area contributed by atoms with Gasteiger partial charge >= 0.3 is 5.97 Å². The van der Waals surface area contributed by atoms with Gasteiger partial charge in [0.25, 0.3) is 0 Å². The van der Waals surface area contributed by atoms with Crippen LogP contribution < -0.4 is 9.22 Å². The standard InChI is InChI=1S/C15H13F4N2O2.CH3/c1-21(2,3)11-5-4-8(7-20-11)15(22)23-14-12(18)9(16)6-10(17)13(14)19;/h4-7H,1-3H3;1H3/q+1;-1. The number of pyridine rings is 1.